The molecule has 2 heterocycles. The highest BCUT2D eigenvalue weighted by molar-refractivity contribution is 6.30. The largest absolute Gasteiger partial charge is 0.490 e. The van der Waals surface area contributed by atoms with E-state index in [9.17, 15) is 18.0 Å². The number of carboxylic acid groups (broad SMARTS) is 1. The molecule has 1 atom stereocenters. The van der Waals surface area contributed by atoms with Crippen molar-refractivity contribution in [1.82, 2.24) is 14.1 Å². The molecule has 42 heavy (non-hydrogen) atoms. The third kappa shape index (κ3) is 5.81. The standard InChI is InChI=1S/C29H26ClN3O2.C2HF3O2/c1-19-6-5-7-20(14-19)24-16-28(34)33(3)26-13-10-22(15-25(24)26)29(35-4,27-17-31-18-32(27)2)21-8-11-23(30)12-9-21;3-2(4,5)1(6)7/h5-18H,1-4H3;(H,6,7). The Morgan fingerprint density at radius 2 is 1.62 bits per heavy atom. The fourth-order valence-corrected chi connectivity index (χ4v) is 5.04. The van der Waals surface area contributed by atoms with Crippen molar-refractivity contribution in [2.24, 2.45) is 14.1 Å². The first kappa shape index (κ1) is 30.5. The van der Waals surface area contributed by atoms with Crippen molar-refractivity contribution in [1.29, 1.82) is 0 Å². The first-order valence-corrected chi connectivity index (χ1v) is 13.0. The van der Waals surface area contributed by atoms with E-state index in [4.69, 9.17) is 26.2 Å². The zero-order valence-electron chi connectivity index (χ0n) is 23.1. The molecule has 0 bridgehead atoms. The summed E-state index contributed by atoms with van der Waals surface area (Å²) in [4.78, 5) is 26.1. The van der Waals surface area contributed by atoms with Gasteiger partial charge in [-0.2, -0.15) is 13.2 Å². The van der Waals surface area contributed by atoms with Crippen LogP contribution in [0.2, 0.25) is 5.02 Å². The monoisotopic (exact) mass is 597 g/mol. The van der Waals surface area contributed by atoms with Gasteiger partial charge >= 0.3 is 12.1 Å². The molecule has 0 aliphatic carbocycles. The summed E-state index contributed by atoms with van der Waals surface area (Å²) < 4.78 is 41.7. The molecule has 0 spiro atoms. The zero-order valence-corrected chi connectivity index (χ0v) is 23.9. The number of hydrogen-bond donors (Lipinski definition) is 1. The number of benzene rings is 3. The number of carbonyl (C=O) groups is 1. The van der Waals surface area contributed by atoms with Crippen LogP contribution in [0.15, 0.2) is 90.1 Å². The maximum atomic E-state index is 12.8. The Morgan fingerprint density at radius 1 is 0.976 bits per heavy atom. The first-order valence-electron chi connectivity index (χ1n) is 12.6. The number of nitrogens with zero attached hydrogens (tertiary/aromatic N) is 3. The molecular formula is C31H27ClF3N3O4. The summed E-state index contributed by atoms with van der Waals surface area (Å²) in [6.45, 7) is 2.05. The van der Waals surface area contributed by atoms with Crippen molar-refractivity contribution in [3.63, 3.8) is 0 Å². The van der Waals surface area contributed by atoms with Crippen LogP contribution in [0.25, 0.3) is 22.0 Å². The van der Waals surface area contributed by atoms with E-state index in [2.05, 4.69) is 30.1 Å². The molecule has 1 unspecified atom stereocenters. The second kappa shape index (κ2) is 11.8. The van der Waals surface area contributed by atoms with Crippen molar-refractivity contribution < 1.29 is 27.8 Å². The number of methoxy groups -OCH3 is 1. The number of hydrogen-bond acceptors (Lipinski definition) is 4. The molecule has 11 heteroatoms. The average Bonchev–Trinajstić information content (AvgIpc) is 3.38. The number of ether oxygens (including phenoxy) is 1. The average molecular weight is 598 g/mol. The molecule has 0 fully saturated rings. The maximum absolute atomic E-state index is 12.8. The van der Waals surface area contributed by atoms with E-state index in [-0.39, 0.29) is 5.56 Å². The Labute approximate surface area is 244 Å². The van der Waals surface area contributed by atoms with Crippen molar-refractivity contribution in [3.8, 4) is 11.1 Å². The van der Waals surface area contributed by atoms with Crippen LogP contribution in [0.3, 0.4) is 0 Å². The van der Waals surface area contributed by atoms with Crippen LogP contribution in [0, 0.1) is 6.92 Å². The van der Waals surface area contributed by atoms with Crippen LogP contribution in [0.5, 0.6) is 0 Å². The molecule has 2 aromatic heterocycles. The van der Waals surface area contributed by atoms with Gasteiger partial charge in [-0.15, -0.1) is 0 Å². The Hall–Kier alpha value is -4.41. The quantitative estimate of drug-likeness (QED) is 0.251. The number of carboxylic acids is 1. The van der Waals surface area contributed by atoms with Crippen LogP contribution in [-0.2, 0) is 29.2 Å². The Morgan fingerprint density at radius 3 is 2.17 bits per heavy atom. The topological polar surface area (TPSA) is 86.4 Å². The van der Waals surface area contributed by atoms with Gasteiger partial charge in [-0.25, -0.2) is 9.78 Å². The van der Waals surface area contributed by atoms with Gasteiger partial charge in [0.2, 0.25) is 0 Å². The van der Waals surface area contributed by atoms with Crippen LogP contribution in [0.1, 0.15) is 22.4 Å². The number of imidazole rings is 1. The summed E-state index contributed by atoms with van der Waals surface area (Å²) in [5, 5.41) is 8.74. The van der Waals surface area contributed by atoms with E-state index in [0.717, 1.165) is 44.4 Å². The SMILES string of the molecule is COC(c1ccc(Cl)cc1)(c1ccc2c(c1)c(-c1cccc(C)c1)cc(=O)n2C)c1cncn1C.O=C(O)C(F)(F)F. The molecule has 3 aromatic carbocycles. The summed E-state index contributed by atoms with van der Waals surface area (Å²) in [6, 6.07) is 23.7. The Kier molecular flexibility index (Phi) is 8.60. The van der Waals surface area contributed by atoms with Gasteiger partial charge in [0, 0.05) is 37.7 Å². The second-order valence-corrected chi connectivity index (χ2v) is 10.1. The first-order chi connectivity index (χ1) is 19.8. The van der Waals surface area contributed by atoms with Crippen LogP contribution >= 0.6 is 11.6 Å². The third-order valence-corrected chi connectivity index (χ3v) is 7.21. The summed E-state index contributed by atoms with van der Waals surface area (Å²) in [7, 11) is 5.46. The number of aliphatic carboxylic acids is 1. The molecule has 218 valence electrons. The highest BCUT2D eigenvalue weighted by Crippen LogP contribution is 2.42. The van der Waals surface area contributed by atoms with Gasteiger partial charge in [0.25, 0.3) is 5.56 Å². The van der Waals surface area contributed by atoms with Crippen molar-refractivity contribution in [2.45, 2.75) is 18.7 Å². The van der Waals surface area contributed by atoms with Gasteiger partial charge in [-0.1, -0.05) is 59.6 Å². The molecule has 0 saturated carbocycles. The van der Waals surface area contributed by atoms with Crippen LogP contribution < -0.4 is 5.56 Å². The van der Waals surface area contributed by atoms with Gasteiger partial charge in [0.15, 0.2) is 5.60 Å². The van der Waals surface area contributed by atoms with E-state index in [1.54, 1.807) is 31.1 Å². The lowest BCUT2D eigenvalue weighted by molar-refractivity contribution is -0.192. The smallest absolute Gasteiger partial charge is 0.475 e. The maximum Gasteiger partial charge on any atom is 0.490 e. The normalized spacial score (nSPS) is 12.9. The van der Waals surface area contributed by atoms with Crippen LogP contribution in [0.4, 0.5) is 13.2 Å². The van der Waals surface area contributed by atoms with Gasteiger partial charge in [-0.3, -0.25) is 4.79 Å². The lowest BCUT2D eigenvalue weighted by Crippen LogP contribution is -2.33. The van der Waals surface area contributed by atoms with Gasteiger partial charge in [0.05, 0.1) is 23.7 Å². The zero-order chi connectivity index (χ0) is 30.8. The number of pyridine rings is 1. The van der Waals surface area contributed by atoms with Gasteiger partial charge in [-0.05, 0) is 53.4 Å². The van der Waals surface area contributed by atoms with E-state index in [0.29, 0.717) is 5.02 Å². The van der Waals surface area contributed by atoms with E-state index in [1.165, 1.54) is 0 Å². The van der Waals surface area contributed by atoms with Gasteiger partial charge < -0.3 is 19.0 Å². The fourth-order valence-electron chi connectivity index (χ4n) is 4.92. The molecular weight excluding hydrogens is 571 g/mol. The molecule has 0 aliphatic heterocycles. The minimum Gasteiger partial charge on any atom is -0.475 e. The molecule has 1 N–H and O–H groups in total. The highest BCUT2D eigenvalue weighted by atomic mass is 35.5. The number of aryl methyl sites for hydroxylation is 3. The van der Waals surface area contributed by atoms with E-state index >= 15 is 0 Å². The fraction of sp³-hybridized carbons (Fsp3) is 0.194. The Balaban J connectivity index is 0.000000517. The van der Waals surface area contributed by atoms with Crippen molar-refractivity contribution in [2.75, 3.05) is 7.11 Å². The molecule has 0 aliphatic rings. The number of aromatic nitrogens is 3. The van der Waals surface area contributed by atoms with E-state index < -0.39 is 17.7 Å². The number of alkyl halides is 3. The summed E-state index contributed by atoms with van der Waals surface area (Å²) >= 11 is 6.23. The second-order valence-electron chi connectivity index (χ2n) is 9.64. The minimum absolute atomic E-state index is 0.0518. The van der Waals surface area contributed by atoms with Crippen molar-refractivity contribution >= 4 is 28.5 Å². The number of halogens is 4. The molecule has 0 amide bonds. The predicted molar refractivity (Wildman–Crippen MR) is 155 cm³/mol. The molecule has 5 rings (SSSR count). The van der Waals surface area contributed by atoms with E-state index in [1.807, 2.05) is 66.3 Å². The predicted octanol–water partition coefficient (Wildman–Crippen LogP) is 6.47. The summed E-state index contributed by atoms with van der Waals surface area (Å²) in [5.74, 6) is -2.76. The molecule has 7 nitrogen and oxygen atoms in total. The van der Waals surface area contributed by atoms with Gasteiger partial charge in [0.1, 0.15) is 0 Å². The number of rotatable bonds is 5. The van der Waals surface area contributed by atoms with Crippen LogP contribution in [-0.4, -0.2) is 38.5 Å². The minimum atomic E-state index is -5.08. The molecule has 0 radical (unpaired) electrons. The van der Waals surface area contributed by atoms with Crippen molar-refractivity contribution in [3.05, 3.63) is 123 Å². The third-order valence-electron chi connectivity index (χ3n) is 6.96. The Bertz CT molecular complexity index is 1810. The highest BCUT2D eigenvalue weighted by Gasteiger charge is 2.40. The lowest BCUT2D eigenvalue weighted by atomic mass is 9.82. The number of fused-ring (bicyclic) bond motifs is 1. The molecule has 5 aromatic rings. The lowest BCUT2D eigenvalue weighted by Gasteiger charge is -2.34. The summed E-state index contributed by atoms with van der Waals surface area (Å²) in [6.07, 6.45) is -1.49. The summed E-state index contributed by atoms with van der Waals surface area (Å²) in [5.41, 5.74) is 5.61. The molecule has 0 saturated heterocycles.